The smallest absolute Gasteiger partial charge is 0.0585 e. The number of para-hydroxylation sites is 2. The molecule has 0 spiro atoms. The number of nitrogens with one attached hydrogen (secondary N) is 1. The van der Waals surface area contributed by atoms with E-state index in [9.17, 15) is 0 Å². The first kappa shape index (κ1) is 17.0. The van der Waals surface area contributed by atoms with Gasteiger partial charge < -0.3 is 9.55 Å². The van der Waals surface area contributed by atoms with Crippen LogP contribution in [0.25, 0.3) is 49.7 Å². The van der Waals surface area contributed by atoms with Crippen LogP contribution in [0.3, 0.4) is 0 Å². The Morgan fingerprint density at radius 3 is 2.32 bits per heavy atom. The third kappa shape index (κ3) is 2.02. The molecular weight excluding hydrogens is 376 g/mol. The molecule has 31 heavy (non-hydrogen) atoms. The van der Waals surface area contributed by atoms with Crippen LogP contribution >= 0.6 is 0 Å². The van der Waals surface area contributed by atoms with Crippen molar-refractivity contribution in [2.75, 3.05) is 0 Å². The first-order chi connectivity index (χ1) is 15.2. The van der Waals surface area contributed by atoms with E-state index in [-0.39, 0.29) is 5.41 Å². The maximum absolute atomic E-state index is 3.77. The fourth-order valence-corrected chi connectivity index (χ4v) is 5.78. The Bertz CT molecular complexity index is 1650. The lowest BCUT2D eigenvalue weighted by atomic mass is 9.81. The molecule has 0 saturated carbocycles. The first-order valence-electron chi connectivity index (χ1n) is 10.9. The van der Waals surface area contributed by atoms with E-state index in [0.29, 0.717) is 0 Å². The van der Waals surface area contributed by atoms with Crippen LogP contribution in [0, 0.1) is 0 Å². The summed E-state index contributed by atoms with van der Waals surface area (Å²) in [5, 5.41) is 3.92. The third-order valence-corrected chi connectivity index (χ3v) is 7.11. The predicted molar refractivity (Wildman–Crippen MR) is 130 cm³/mol. The van der Waals surface area contributed by atoms with Gasteiger partial charge in [-0.1, -0.05) is 80.6 Å². The second-order valence-corrected chi connectivity index (χ2v) is 9.12. The molecule has 1 N–H and O–H groups in total. The average molecular weight is 399 g/mol. The molecule has 0 bridgehead atoms. The molecule has 7 rings (SSSR count). The Balaban J connectivity index is 1.76. The molecule has 6 aromatic rings. The molecule has 0 atom stereocenters. The van der Waals surface area contributed by atoms with Crippen molar-refractivity contribution >= 4 is 32.7 Å². The molecule has 0 aliphatic heterocycles. The number of aromatic nitrogens is 2. The van der Waals surface area contributed by atoms with Crippen LogP contribution in [0.15, 0.2) is 91.0 Å². The van der Waals surface area contributed by atoms with E-state index in [1.807, 2.05) is 0 Å². The molecule has 0 unspecified atom stereocenters. The van der Waals surface area contributed by atoms with Crippen LogP contribution in [0.5, 0.6) is 0 Å². The molecule has 2 aromatic heterocycles. The van der Waals surface area contributed by atoms with E-state index in [2.05, 4.69) is 114 Å². The molecule has 0 radical (unpaired) electrons. The molecule has 148 valence electrons. The van der Waals surface area contributed by atoms with Crippen LogP contribution < -0.4 is 0 Å². The molecule has 2 nitrogen and oxygen atoms in total. The van der Waals surface area contributed by atoms with Crippen molar-refractivity contribution in [2.45, 2.75) is 19.3 Å². The highest BCUT2D eigenvalue weighted by molar-refractivity contribution is 6.20. The first-order valence-corrected chi connectivity index (χ1v) is 10.9. The highest BCUT2D eigenvalue weighted by Crippen LogP contribution is 2.54. The SMILES string of the molecule is CC1(C)c2ccccc2-c2c1c1c3[nH]c4ccccc4c3ccc1n2-c1ccccc1. The third-order valence-electron chi connectivity index (χ3n) is 7.11. The summed E-state index contributed by atoms with van der Waals surface area (Å²) in [6, 6.07) is 32.9. The number of aromatic amines is 1. The van der Waals surface area contributed by atoms with Gasteiger partial charge in [-0.2, -0.15) is 0 Å². The lowest BCUT2D eigenvalue weighted by Crippen LogP contribution is -2.14. The quantitative estimate of drug-likeness (QED) is 0.295. The topological polar surface area (TPSA) is 20.7 Å². The second kappa shape index (κ2) is 5.67. The normalized spacial score (nSPS) is 14.4. The molecule has 1 aliphatic rings. The fraction of sp³-hybridized carbons (Fsp3) is 0.103. The van der Waals surface area contributed by atoms with Gasteiger partial charge in [0, 0.05) is 38.3 Å². The minimum Gasteiger partial charge on any atom is -0.354 e. The number of fused-ring (bicyclic) bond motifs is 9. The van der Waals surface area contributed by atoms with Crippen molar-refractivity contribution < 1.29 is 0 Å². The molecule has 0 amide bonds. The van der Waals surface area contributed by atoms with Gasteiger partial charge in [-0.3, -0.25) is 0 Å². The lowest BCUT2D eigenvalue weighted by Gasteiger charge is -2.21. The largest absolute Gasteiger partial charge is 0.354 e. The van der Waals surface area contributed by atoms with Crippen molar-refractivity contribution in [3.8, 4) is 16.9 Å². The minimum atomic E-state index is -0.0736. The second-order valence-electron chi connectivity index (χ2n) is 9.12. The molecule has 1 aliphatic carbocycles. The zero-order valence-corrected chi connectivity index (χ0v) is 17.6. The highest BCUT2D eigenvalue weighted by atomic mass is 15.0. The molecule has 0 saturated heterocycles. The number of hydrogen-bond donors (Lipinski definition) is 1. The van der Waals surface area contributed by atoms with Crippen LogP contribution in [-0.2, 0) is 5.41 Å². The summed E-state index contributed by atoms with van der Waals surface area (Å²) in [6.07, 6.45) is 0. The van der Waals surface area contributed by atoms with E-state index < -0.39 is 0 Å². The summed E-state index contributed by atoms with van der Waals surface area (Å²) in [4.78, 5) is 3.77. The van der Waals surface area contributed by atoms with Gasteiger partial charge in [0.15, 0.2) is 0 Å². The Labute approximate surface area is 180 Å². The van der Waals surface area contributed by atoms with Crippen LogP contribution in [-0.4, -0.2) is 9.55 Å². The van der Waals surface area contributed by atoms with Crippen molar-refractivity contribution in [3.63, 3.8) is 0 Å². The van der Waals surface area contributed by atoms with Crippen LogP contribution in [0.1, 0.15) is 25.0 Å². The number of hydrogen-bond acceptors (Lipinski definition) is 0. The van der Waals surface area contributed by atoms with Gasteiger partial charge in [-0.05, 0) is 35.4 Å². The van der Waals surface area contributed by atoms with Gasteiger partial charge in [0.1, 0.15) is 0 Å². The number of rotatable bonds is 1. The number of benzene rings is 4. The van der Waals surface area contributed by atoms with E-state index in [0.717, 1.165) is 0 Å². The Kier molecular flexibility index (Phi) is 3.10. The zero-order chi connectivity index (χ0) is 20.7. The van der Waals surface area contributed by atoms with Gasteiger partial charge in [0.2, 0.25) is 0 Å². The summed E-state index contributed by atoms with van der Waals surface area (Å²) in [5.41, 5.74) is 10.3. The minimum absolute atomic E-state index is 0.0736. The van der Waals surface area contributed by atoms with Crippen molar-refractivity contribution in [1.82, 2.24) is 9.55 Å². The summed E-state index contributed by atoms with van der Waals surface area (Å²) in [6.45, 7) is 4.74. The standard InChI is InChI=1S/C29H22N2/c1-29(2)22-14-8-6-13-21(22)28-26(29)25-24(31(28)18-10-4-3-5-11-18)17-16-20-19-12-7-9-15-23(19)30-27(20)25/h3-17,30H,1-2H3. The number of nitrogens with zero attached hydrogens (tertiary/aromatic N) is 1. The van der Waals surface area contributed by atoms with E-state index in [4.69, 9.17) is 0 Å². The van der Waals surface area contributed by atoms with E-state index >= 15 is 0 Å². The molecule has 4 aromatic carbocycles. The Morgan fingerprint density at radius 1 is 0.710 bits per heavy atom. The van der Waals surface area contributed by atoms with Gasteiger partial charge in [-0.25, -0.2) is 0 Å². The lowest BCUT2D eigenvalue weighted by molar-refractivity contribution is 0.666. The van der Waals surface area contributed by atoms with Crippen molar-refractivity contribution in [3.05, 3.63) is 102 Å². The molecular formula is C29H22N2. The monoisotopic (exact) mass is 398 g/mol. The van der Waals surface area contributed by atoms with Crippen LogP contribution in [0.2, 0.25) is 0 Å². The van der Waals surface area contributed by atoms with Crippen LogP contribution in [0.4, 0.5) is 0 Å². The average Bonchev–Trinajstić information content (AvgIpc) is 3.42. The maximum Gasteiger partial charge on any atom is 0.0585 e. The summed E-state index contributed by atoms with van der Waals surface area (Å²) >= 11 is 0. The Morgan fingerprint density at radius 2 is 1.45 bits per heavy atom. The molecule has 2 heteroatoms. The Hall–Kier alpha value is -3.78. The molecule has 0 fully saturated rings. The van der Waals surface area contributed by atoms with Crippen molar-refractivity contribution in [1.29, 1.82) is 0 Å². The summed E-state index contributed by atoms with van der Waals surface area (Å²) < 4.78 is 2.46. The fourth-order valence-electron chi connectivity index (χ4n) is 5.78. The van der Waals surface area contributed by atoms with E-state index in [1.54, 1.807) is 0 Å². The predicted octanol–water partition coefficient (Wildman–Crippen LogP) is 7.57. The van der Waals surface area contributed by atoms with Gasteiger partial charge in [0.05, 0.1) is 16.7 Å². The zero-order valence-electron chi connectivity index (χ0n) is 17.6. The molecule has 2 heterocycles. The summed E-state index contributed by atoms with van der Waals surface area (Å²) in [5.74, 6) is 0. The van der Waals surface area contributed by atoms with E-state index in [1.165, 1.54) is 60.8 Å². The van der Waals surface area contributed by atoms with Gasteiger partial charge in [-0.15, -0.1) is 0 Å². The van der Waals surface area contributed by atoms with Crippen molar-refractivity contribution in [2.24, 2.45) is 0 Å². The van der Waals surface area contributed by atoms with Gasteiger partial charge in [0.25, 0.3) is 0 Å². The van der Waals surface area contributed by atoms with Gasteiger partial charge >= 0.3 is 0 Å². The number of H-pyrrole nitrogens is 1. The maximum atomic E-state index is 3.77. The highest BCUT2D eigenvalue weighted by Gasteiger charge is 2.41. The summed E-state index contributed by atoms with van der Waals surface area (Å²) in [7, 11) is 0.